The van der Waals surface area contributed by atoms with Crippen molar-refractivity contribution in [3.63, 3.8) is 0 Å². The Balaban J connectivity index is 1.59. The van der Waals surface area contributed by atoms with Crippen LogP contribution in [0, 0.1) is 29.9 Å². The molecule has 2 aliphatic rings. The summed E-state index contributed by atoms with van der Waals surface area (Å²) < 4.78 is 5.45. The lowest BCUT2D eigenvalue weighted by molar-refractivity contribution is -0.384. The first-order chi connectivity index (χ1) is 16.1. The molecule has 2 aromatic rings. The minimum atomic E-state index is -0.859. The largest absolute Gasteiger partial charge is 0.456 e. The summed E-state index contributed by atoms with van der Waals surface area (Å²) >= 11 is 1.16. The number of esters is 1. The number of nitrogens with zero attached hydrogens (tertiary/aromatic N) is 4. The molecule has 0 bridgehead atoms. The van der Waals surface area contributed by atoms with Crippen LogP contribution >= 0.6 is 11.8 Å². The zero-order valence-electron chi connectivity index (χ0n) is 18.7. The lowest BCUT2D eigenvalue weighted by atomic mass is 9.83. The fourth-order valence-corrected chi connectivity index (χ4v) is 5.13. The molecule has 1 fully saturated rings. The highest BCUT2D eigenvalue weighted by molar-refractivity contribution is 8.03. The zero-order valence-corrected chi connectivity index (χ0v) is 19.5. The van der Waals surface area contributed by atoms with Crippen molar-refractivity contribution >= 4 is 35.1 Å². The maximum absolute atomic E-state index is 13.1. The Labute approximate surface area is 199 Å². The van der Waals surface area contributed by atoms with Crippen molar-refractivity contribution < 1.29 is 24.4 Å². The number of aryl methyl sites for hydroxylation is 2. The first-order valence-electron chi connectivity index (χ1n) is 10.5. The highest BCUT2D eigenvalue weighted by Crippen LogP contribution is 2.49. The third kappa shape index (κ3) is 4.21. The molecule has 178 valence electrons. The van der Waals surface area contributed by atoms with Crippen LogP contribution in [0.1, 0.15) is 30.3 Å². The van der Waals surface area contributed by atoms with E-state index >= 15 is 0 Å². The number of nitrogen functional groups attached to an aromatic ring is 1. The number of non-ortho nitro benzene ring substituents is 1. The predicted molar refractivity (Wildman–Crippen MR) is 122 cm³/mol. The van der Waals surface area contributed by atoms with Crippen molar-refractivity contribution in [2.45, 2.75) is 51.0 Å². The molecule has 1 amide bonds. The second-order valence-corrected chi connectivity index (χ2v) is 9.29. The van der Waals surface area contributed by atoms with E-state index in [0.717, 1.165) is 11.8 Å². The van der Waals surface area contributed by atoms with Gasteiger partial charge in [0.15, 0.2) is 5.82 Å². The number of carbonyl (C=O) groups excluding carboxylic acids is 2. The average molecular weight is 486 g/mol. The fourth-order valence-electron chi connectivity index (χ4n) is 4.04. The van der Waals surface area contributed by atoms with Crippen LogP contribution in [0.2, 0.25) is 0 Å². The standard InChI is InChI=1S/C22H23N5O6S/c1-10-11(2)25-20(19(23)24-10)34-16-8-15-17(12(3)28)21(29)26(15)18(16)22(30)33-9-13-4-6-14(7-5-13)27(31)32/h4-7,12,15,17,28H,8-9H2,1-3H3,(H2,23,24)/t12-,15-,17-/m1/s1. The monoisotopic (exact) mass is 485 g/mol. The van der Waals surface area contributed by atoms with Crippen LogP contribution in [0.4, 0.5) is 11.5 Å². The summed E-state index contributed by atoms with van der Waals surface area (Å²) in [5, 5.41) is 21.3. The molecule has 0 unspecified atom stereocenters. The molecule has 2 aliphatic heterocycles. The number of carbonyl (C=O) groups is 2. The molecule has 1 aromatic carbocycles. The molecule has 3 N–H and O–H groups in total. The summed E-state index contributed by atoms with van der Waals surface area (Å²) in [6.07, 6.45) is -0.510. The van der Waals surface area contributed by atoms with E-state index in [1.807, 2.05) is 0 Å². The molecule has 12 heteroatoms. The predicted octanol–water partition coefficient (Wildman–Crippen LogP) is 2.24. The molecule has 1 aromatic heterocycles. The molecule has 0 spiro atoms. The number of nitro benzene ring substituents is 1. The van der Waals surface area contributed by atoms with Gasteiger partial charge in [0.2, 0.25) is 5.91 Å². The van der Waals surface area contributed by atoms with Crippen molar-refractivity contribution in [2.24, 2.45) is 5.92 Å². The lowest BCUT2D eigenvalue weighted by Gasteiger charge is -2.44. The maximum Gasteiger partial charge on any atom is 0.356 e. The van der Waals surface area contributed by atoms with Gasteiger partial charge < -0.3 is 20.5 Å². The maximum atomic E-state index is 13.1. The van der Waals surface area contributed by atoms with Crippen LogP contribution in [0.15, 0.2) is 39.9 Å². The number of aliphatic hydroxyl groups excluding tert-OH is 1. The van der Waals surface area contributed by atoms with Crippen LogP contribution in [0.3, 0.4) is 0 Å². The van der Waals surface area contributed by atoms with Gasteiger partial charge in [-0.2, -0.15) is 0 Å². The van der Waals surface area contributed by atoms with E-state index < -0.39 is 22.9 Å². The third-order valence-electron chi connectivity index (χ3n) is 5.92. The average Bonchev–Trinajstić information content (AvgIpc) is 3.09. The van der Waals surface area contributed by atoms with E-state index in [4.69, 9.17) is 10.5 Å². The topological polar surface area (TPSA) is 162 Å². The van der Waals surface area contributed by atoms with E-state index in [1.54, 1.807) is 20.8 Å². The van der Waals surface area contributed by atoms with E-state index in [1.165, 1.54) is 29.2 Å². The van der Waals surface area contributed by atoms with Gasteiger partial charge in [-0.25, -0.2) is 14.8 Å². The van der Waals surface area contributed by atoms with Gasteiger partial charge in [0.1, 0.15) is 17.3 Å². The summed E-state index contributed by atoms with van der Waals surface area (Å²) in [6, 6.07) is 5.27. The second kappa shape index (κ2) is 9.03. The number of fused-ring (bicyclic) bond motifs is 1. The molecule has 34 heavy (non-hydrogen) atoms. The number of hydrogen-bond acceptors (Lipinski definition) is 10. The number of hydrogen-bond donors (Lipinski definition) is 2. The van der Waals surface area contributed by atoms with Gasteiger partial charge in [0.05, 0.1) is 34.4 Å². The van der Waals surface area contributed by atoms with Crippen molar-refractivity contribution in [1.82, 2.24) is 14.9 Å². The number of amides is 1. The molecular weight excluding hydrogens is 462 g/mol. The van der Waals surface area contributed by atoms with Gasteiger partial charge in [-0.3, -0.25) is 14.9 Å². The van der Waals surface area contributed by atoms with Gasteiger partial charge in [0, 0.05) is 23.5 Å². The van der Waals surface area contributed by atoms with Crippen LogP contribution in [0.5, 0.6) is 0 Å². The summed E-state index contributed by atoms with van der Waals surface area (Å²) in [6.45, 7) is 5.01. The molecule has 11 nitrogen and oxygen atoms in total. The number of β-lactam (4-membered cyclic amide) rings is 1. The Morgan fingerprint density at radius 3 is 2.59 bits per heavy atom. The van der Waals surface area contributed by atoms with Gasteiger partial charge in [-0.1, -0.05) is 11.8 Å². The van der Waals surface area contributed by atoms with E-state index in [9.17, 15) is 24.8 Å². The highest BCUT2D eigenvalue weighted by atomic mass is 32.2. The quantitative estimate of drug-likeness (QED) is 0.257. The Hall–Kier alpha value is -3.51. The molecule has 0 aliphatic carbocycles. The molecule has 0 radical (unpaired) electrons. The molecule has 4 rings (SSSR count). The normalized spacial score (nSPS) is 20.1. The zero-order chi connectivity index (χ0) is 24.7. The number of nitro groups is 1. The third-order valence-corrected chi connectivity index (χ3v) is 7.02. The summed E-state index contributed by atoms with van der Waals surface area (Å²) in [4.78, 5) is 46.8. The molecular formula is C22H23N5O6S. The summed E-state index contributed by atoms with van der Waals surface area (Å²) in [7, 11) is 0. The van der Waals surface area contributed by atoms with Crippen molar-refractivity contribution in [3.05, 3.63) is 61.9 Å². The minimum absolute atomic E-state index is 0.0717. The first kappa shape index (κ1) is 23.6. The summed E-state index contributed by atoms with van der Waals surface area (Å²) in [5.41, 5.74) is 8.01. The summed E-state index contributed by atoms with van der Waals surface area (Å²) in [5.74, 6) is -1.46. The minimum Gasteiger partial charge on any atom is -0.456 e. The molecule has 3 heterocycles. The van der Waals surface area contributed by atoms with E-state index in [0.29, 0.717) is 33.3 Å². The van der Waals surface area contributed by atoms with Gasteiger partial charge >= 0.3 is 5.97 Å². The number of rotatable bonds is 7. The Bertz CT molecular complexity index is 1210. The number of benzene rings is 1. The van der Waals surface area contributed by atoms with Gasteiger partial charge in [0.25, 0.3) is 5.69 Å². The van der Waals surface area contributed by atoms with Crippen LogP contribution in [-0.2, 0) is 20.9 Å². The van der Waals surface area contributed by atoms with Crippen LogP contribution in [-0.4, -0.2) is 48.9 Å². The number of ether oxygens (including phenoxy) is 1. The Kier molecular flexibility index (Phi) is 6.28. The van der Waals surface area contributed by atoms with E-state index in [-0.39, 0.29) is 35.8 Å². The van der Waals surface area contributed by atoms with Crippen LogP contribution < -0.4 is 5.73 Å². The molecule has 3 atom stereocenters. The Morgan fingerprint density at radius 1 is 1.32 bits per heavy atom. The number of thioether (sulfide) groups is 1. The smallest absolute Gasteiger partial charge is 0.356 e. The van der Waals surface area contributed by atoms with Crippen molar-refractivity contribution in [1.29, 1.82) is 0 Å². The fraction of sp³-hybridized carbons (Fsp3) is 0.364. The lowest BCUT2D eigenvalue weighted by Crippen LogP contribution is -2.61. The highest BCUT2D eigenvalue weighted by Gasteiger charge is 2.57. The van der Waals surface area contributed by atoms with Crippen molar-refractivity contribution in [3.8, 4) is 0 Å². The van der Waals surface area contributed by atoms with Gasteiger partial charge in [-0.05, 0) is 38.5 Å². The van der Waals surface area contributed by atoms with Gasteiger partial charge in [-0.15, -0.1) is 0 Å². The van der Waals surface area contributed by atoms with Crippen LogP contribution in [0.25, 0.3) is 0 Å². The number of anilines is 1. The molecule has 0 saturated carbocycles. The first-order valence-corrected chi connectivity index (χ1v) is 11.3. The SMILES string of the molecule is Cc1nc(N)c(SC2=C(C(=O)OCc3ccc([N+](=O)[O-])cc3)N3C(=O)[C@H]([C@@H](C)O)[C@H]3C2)nc1C. The Morgan fingerprint density at radius 2 is 1.97 bits per heavy atom. The number of nitrogens with two attached hydrogens (primary N) is 1. The number of aliphatic hydroxyl groups is 1. The van der Waals surface area contributed by atoms with E-state index in [2.05, 4.69) is 9.97 Å². The second-order valence-electron chi connectivity index (χ2n) is 8.20. The van der Waals surface area contributed by atoms with Crippen molar-refractivity contribution in [2.75, 3.05) is 5.73 Å². The molecule has 1 saturated heterocycles. The number of aromatic nitrogens is 2.